The number of nitrogens with zero attached hydrogens (tertiary/aromatic N) is 3. The molecule has 1 aliphatic rings. The van der Waals surface area contributed by atoms with Crippen molar-refractivity contribution in [1.29, 1.82) is 0 Å². The molecule has 0 unspecified atom stereocenters. The van der Waals surface area contributed by atoms with Crippen LogP contribution in [0.5, 0.6) is 0 Å². The van der Waals surface area contributed by atoms with Crippen LogP contribution < -0.4 is 0 Å². The number of hydrogen-bond donors (Lipinski definition) is 0. The van der Waals surface area contributed by atoms with Crippen molar-refractivity contribution in [1.82, 2.24) is 14.2 Å². The van der Waals surface area contributed by atoms with Gasteiger partial charge in [-0.3, -0.25) is 4.79 Å². The number of benzene rings is 2. The lowest BCUT2D eigenvalue weighted by atomic mass is 10.0. The number of oxazole rings is 1. The van der Waals surface area contributed by atoms with E-state index in [1.165, 1.54) is 4.31 Å². The van der Waals surface area contributed by atoms with E-state index in [0.717, 1.165) is 27.8 Å². The van der Waals surface area contributed by atoms with E-state index in [2.05, 4.69) is 4.98 Å². The molecular formula is C26H31N3O4S. The summed E-state index contributed by atoms with van der Waals surface area (Å²) in [7, 11) is -3.64. The fourth-order valence-corrected chi connectivity index (χ4v) is 6.42. The molecule has 0 saturated carbocycles. The monoisotopic (exact) mass is 481 g/mol. The van der Waals surface area contributed by atoms with Crippen LogP contribution in [0.2, 0.25) is 0 Å². The summed E-state index contributed by atoms with van der Waals surface area (Å²) >= 11 is 0. The van der Waals surface area contributed by atoms with E-state index in [4.69, 9.17) is 4.42 Å². The zero-order valence-electron chi connectivity index (χ0n) is 20.4. The third kappa shape index (κ3) is 4.52. The molecule has 2 aromatic carbocycles. The van der Waals surface area contributed by atoms with Crippen LogP contribution in [0.1, 0.15) is 33.7 Å². The zero-order valence-corrected chi connectivity index (χ0v) is 21.2. The number of amides is 1. The molecule has 1 aliphatic heterocycles. The van der Waals surface area contributed by atoms with Crippen molar-refractivity contribution >= 4 is 15.9 Å². The third-order valence-electron chi connectivity index (χ3n) is 6.72. The van der Waals surface area contributed by atoms with E-state index in [0.29, 0.717) is 35.3 Å². The zero-order chi connectivity index (χ0) is 24.6. The van der Waals surface area contributed by atoms with Crippen LogP contribution in [0, 0.1) is 34.6 Å². The van der Waals surface area contributed by atoms with Crippen LogP contribution >= 0.6 is 0 Å². The highest BCUT2D eigenvalue weighted by molar-refractivity contribution is 7.89. The second-order valence-electron chi connectivity index (χ2n) is 8.94. The standard InChI is InChI=1S/C26H31N3O4S/c1-17-15-18(2)20(4)25(19(17)3)34(31,32)29-13-11-28(12-14-29)24(30)16-23-21(5)33-26(27-23)22-9-7-6-8-10-22/h6-10,15H,11-14,16H2,1-5H3. The maximum Gasteiger partial charge on any atom is 0.243 e. The van der Waals surface area contributed by atoms with Crippen molar-refractivity contribution in [3.05, 3.63) is 70.1 Å². The molecule has 0 spiro atoms. The highest BCUT2D eigenvalue weighted by Gasteiger charge is 2.33. The van der Waals surface area contributed by atoms with Gasteiger partial charge in [-0.25, -0.2) is 13.4 Å². The van der Waals surface area contributed by atoms with Crippen LogP contribution in [0.25, 0.3) is 11.5 Å². The number of carbonyl (C=O) groups excluding carboxylic acids is 1. The molecule has 0 N–H and O–H groups in total. The molecule has 4 rings (SSSR count). The minimum absolute atomic E-state index is 0.0770. The topological polar surface area (TPSA) is 83.7 Å². The lowest BCUT2D eigenvalue weighted by molar-refractivity contribution is -0.131. The van der Waals surface area contributed by atoms with E-state index >= 15 is 0 Å². The molecule has 1 aromatic heterocycles. The normalized spacial score (nSPS) is 15.0. The first-order valence-electron chi connectivity index (χ1n) is 11.5. The third-order valence-corrected chi connectivity index (χ3v) is 8.89. The lowest BCUT2D eigenvalue weighted by Crippen LogP contribution is -2.51. The summed E-state index contributed by atoms with van der Waals surface area (Å²) in [6, 6.07) is 11.6. The van der Waals surface area contributed by atoms with Gasteiger partial charge >= 0.3 is 0 Å². The van der Waals surface area contributed by atoms with Gasteiger partial charge in [-0.15, -0.1) is 0 Å². The predicted molar refractivity (Wildman–Crippen MR) is 131 cm³/mol. The summed E-state index contributed by atoms with van der Waals surface area (Å²) in [5.74, 6) is 1.04. The first-order chi connectivity index (χ1) is 16.1. The summed E-state index contributed by atoms with van der Waals surface area (Å²) < 4.78 is 34.2. The summed E-state index contributed by atoms with van der Waals surface area (Å²) in [6.45, 7) is 10.6. The Bertz CT molecular complexity index is 1300. The van der Waals surface area contributed by atoms with Crippen molar-refractivity contribution in [2.24, 2.45) is 0 Å². The summed E-state index contributed by atoms with van der Waals surface area (Å²) in [5, 5.41) is 0. The SMILES string of the molecule is Cc1cc(C)c(C)c(S(=O)(=O)N2CCN(C(=O)Cc3nc(-c4ccccc4)oc3C)CC2)c1C. The molecule has 180 valence electrons. The number of aromatic nitrogens is 1. The minimum Gasteiger partial charge on any atom is -0.441 e. The van der Waals surface area contributed by atoms with Crippen molar-refractivity contribution < 1.29 is 17.6 Å². The minimum atomic E-state index is -3.64. The molecular weight excluding hydrogens is 450 g/mol. The number of rotatable bonds is 5. The van der Waals surface area contributed by atoms with Crippen LogP contribution in [0.3, 0.4) is 0 Å². The Morgan fingerprint density at radius 1 is 0.941 bits per heavy atom. The van der Waals surface area contributed by atoms with Gasteiger partial charge in [0.1, 0.15) is 5.76 Å². The number of carbonyl (C=O) groups is 1. The highest BCUT2D eigenvalue weighted by Crippen LogP contribution is 2.29. The molecule has 1 amide bonds. The Labute approximate surface area is 201 Å². The number of hydrogen-bond acceptors (Lipinski definition) is 5. The van der Waals surface area contributed by atoms with Gasteiger partial charge in [0.25, 0.3) is 0 Å². The Hall–Kier alpha value is -2.97. The van der Waals surface area contributed by atoms with E-state index < -0.39 is 10.0 Å². The molecule has 0 bridgehead atoms. The summed E-state index contributed by atoms with van der Waals surface area (Å²) in [6.07, 6.45) is 0.129. The summed E-state index contributed by atoms with van der Waals surface area (Å²) in [4.78, 5) is 19.6. The molecule has 3 aromatic rings. The molecule has 1 fully saturated rings. The van der Waals surface area contributed by atoms with Gasteiger partial charge in [0.2, 0.25) is 21.8 Å². The largest absolute Gasteiger partial charge is 0.441 e. The molecule has 2 heterocycles. The number of aryl methyl sites for hydroxylation is 3. The van der Waals surface area contributed by atoms with E-state index in [-0.39, 0.29) is 25.4 Å². The van der Waals surface area contributed by atoms with Gasteiger partial charge in [0.05, 0.1) is 17.0 Å². The predicted octanol–water partition coefficient (Wildman–Crippen LogP) is 3.96. The van der Waals surface area contributed by atoms with E-state index in [9.17, 15) is 13.2 Å². The fourth-order valence-electron chi connectivity index (χ4n) is 4.43. The van der Waals surface area contributed by atoms with Gasteiger partial charge in [-0.2, -0.15) is 4.31 Å². The second kappa shape index (κ2) is 9.35. The Kier molecular flexibility index (Phi) is 6.64. The van der Waals surface area contributed by atoms with Crippen molar-refractivity contribution in [2.75, 3.05) is 26.2 Å². The van der Waals surface area contributed by atoms with Gasteiger partial charge < -0.3 is 9.32 Å². The number of sulfonamides is 1. The van der Waals surface area contributed by atoms with Crippen molar-refractivity contribution in [3.8, 4) is 11.5 Å². The number of piperazine rings is 1. The van der Waals surface area contributed by atoms with Crippen molar-refractivity contribution in [3.63, 3.8) is 0 Å². The van der Waals surface area contributed by atoms with E-state index in [1.54, 1.807) is 11.8 Å². The Morgan fingerprint density at radius 2 is 1.53 bits per heavy atom. The van der Waals surface area contributed by atoms with Crippen LogP contribution in [0.4, 0.5) is 0 Å². The van der Waals surface area contributed by atoms with Crippen LogP contribution in [0.15, 0.2) is 45.7 Å². The van der Waals surface area contributed by atoms with Crippen LogP contribution in [-0.4, -0.2) is 54.7 Å². The second-order valence-corrected chi connectivity index (χ2v) is 10.8. The van der Waals surface area contributed by atoms with E-state index in [1.807, 2.05) is 64.1 Å². The molecule has 8 heteroatoms. The first kappa shape index (κ1) is 24.2. The van der Waals surface area contributed by atoms with Gasteiger partial charge in [0.15, 0.2) is 0 Å². The van der Waals surface area contributed by atoms with Gasteiger partial charge in [0, 0.05) is 31.7 Å². The maximum atomic E-state index is 13.5. The maximum absolute atomic E-state index is 13.5. The molecule has 0 aliphatic carbocycles. The fraction of sp³-hybridized carbons (Fsp3) is 0.385. The molecule has 0 atom stereocenters. The average molecular weight is 482 g/mol. The summed E-state index contributed by atoms with van der Waals surface area (Å²) in [5.41, 5.74) is 4.98. The van der Waals surface area contributed by atoms with Crippen molar-refractivity contribution in [2.45, 2.75) is 45.9 Å². The average Bonchev–Trinajstić information content (AvgIpc) is 3.18. The van der Waals surface area contributed by atoms with Crippen LogP contribution in [-0.2, 0) is 21.2 Å². The quantitative estimate of drug-likeness (QED) is 0.551. The molecule has 34 heavy (non-hydrogen) atoms. The highest BCUT2D eigenvalue weighted by atomic mass is 32.2. The first-order valence-corrected chi connectivity index (χ1v) is 12.9. The lowest BCUT2D eigenvalue weighted by Gasteiger charge is -2.34. The molecule has 0 radical (unpaired) electrons. The Morgan fingerprint density at radius 3 is 2.12 bits per heavy atom. The Balaban J connectivity index is 1.45. The molecule has 1 saturated heterocycles. The smallest absolute Gasteiger partial charge is 0.243 e. The molecule has 7 nitrogen and oxygen atoms in total. The van der Waals surface area contributed by atoms with Gasteiger partial charge in [-0.1, -0.05) is 24.3 Å². The van der Waals surface area contributed by atoms with Gasteiger partial charge in [-0.05, 0) is 69.0 Å².